The highest BCUT2D eigenvalue weighted by atomic mass is 32.2. The second-order valence-corrected chi connectivity index (χ2v) is 12.4. The molecule has 0 spiro atoms. The summed E-state index contributed by atoms with van der Waals surface area (Å²) in [5, 5.41) is 13.1. The van der Waals surface area contributed by atoms with E-state index in [1.165, 1.54) is 20.8 Å². The summed E-state index contributed by atoms with van der Waals surface area (Å²) in [5.74, 6) is -2.27. The molecule has 0 bridgehead atoms. The van der Waals surface area contributed by atoms with Crippen LogP contribution in [-0.2, 0) is 38.2 Å². The summed E-state index contributed by atoms with van der Waals surface area (Å²) in [5.41, 5.74) is -2.09. The van der Waals surface area contributed by atoms with Gasteiger partial charge in [-0.25, -0.2) is 4.79 Å². The molecule has 1 rings (SSSR count). The van der Waals surface area contributed by atoms with Crippen LogP contribution in [-0.4, -0.2) is 62.7 Å². The quantitative estimate of drug-likeness (QED) is 0.176. The fourth-order valence-corrected chi connectivity index (χ4v) is 4.39. The lowest BCUT2D eigenvalue weighted by Crippen LogP contribution is -2.45. The fourth-order valence-electron chi connectivity index (χ4n) is 3.30. The lowest BCUT2D eigenvalue weighted by atomic mass is 9.87. The van der Waals surface area contributed by atoms with Gasteiger partial charge in [-0.05, 0) is 40.0 Å². The van der Waals surface area contributed by atoms with E-state index in [1.54, 1.807) is 20.8 Å². The van der Waals surface area contributed by atoms with Crippen LogP contribution in [0.15, 0.2) is 0 Å². The molecule has 0 saturated heterocycles. The van der Waals surface area contributed by atoms with Gasteiger partial charge < -0.3 is 19.9 Å². The van der Waals surface area contributed by atoms with E-state index in [1.807, 2.05) is 0 Å². The summed E-state index contributed by atoms with van der Waals surface area (Å²) in [6.45, 7) is 9.10. The van der Waals surface area contributed by atoms with Gasteiger partial charge in [0, 0.05) is 24.8 Å². The van der Waals surface area contributed by atoms with Crippen LogP contribution in [0.25, 0.3) is 0 Å². The summed E-state index contributed by atoms with van der Waals surface area (Å²) in [7, 11) is -3.93. The maximum absolute atomic E-state index is 12.8. The van der Waals surface area contributed by atoms with Crippen LogP contribution in [0, 0.1) is 16.7 Å². The number of ether oxygens (including phenoxy) is 2. The van der Waals surface area contributed by atoms with Crippen molar-refractivity contribution in [2.24, 2.45) is 16.7 Å². The normalized spacial score (nSPS) is 17.5. The first kappa shape index (κ1) is 30.3. The van der Waals surface area contributed by atoms with E-state index in [0.29, 0.717) is 0 Å². The third kappa shape index (κ3) is 10.7. The Bertz CT molecular complexity index is 796. The van der Waals surface area contributed by atoms with Gasteiger partial charge in [0.2, 0.25) is 12.2 Å². The molecule has 1 fully saturated rings. The predicted molar refractivity (Wildman–Crippen MR) is 125 cm³/mol. The molecule has 0 aromatic carbocycles. The number of hydrogen-bond donors (Lipinski definition) is 2. The summed E-state index contributed by atoms with van der Waals surface area (Å²) >= 11 is 0. The minimum atomic E-state index is -3.93. The molecule has 34 heavy (non-hydrogen) atoms. The number of aliphatic hydroxyl groups is 1. The Hall–Kier alpha value is -1.72. The molecule has 0 aliphatic heterocycles. The molecule has 2 atom stereocenters. The first-order valence-electron chi connectivity index (χ1n) is 11.8. The van der Waals surface area contributed by atoms with Crippen molar-refractivity contribution in [3.8, 4) is 0 Å². The standard InChI is InChI=1S/C23H41NO9S/c1-16(25)24-13-10-14-34(29,30)31-15-23(5,6)18(26)19(27)32-20(17-11-8-7-9-12-17)33-21(28)22(2,3)4/h17-18,20,26H,7-15H2,1-6H3,(H,24,25)/t18-,20?/m0/s1. The number of aliphatic hydroxyl groups excluding tert-OH is 1. The topological polar surface area (TPSA) is 145 Å². The average molecular weight is 508 g/mol. The van der Waals surface area contributed by atoms with Crippen molar-refractivity contribution in [1.29, 1.82) is 0 Å². The van der Waals surface area contributed by atoms with Crippen molar-refractivity contribution >= 4 is 28.0 Å². The highest BCUT2D eigenvalue weighted by Gasteiger charge is 2.40. The van der Waals surface area contributed by atoms with Gasteiger partial charge in [-0.15, -0.1) is 0 Å². The molecule has 198 valence electrons. The van der Waals surface area contributed by atoms with Gasteiger partial charge in [0.1, 0.15) is 0 Å². The second-order valence-electron chi connectivity index (χ2n) is 10.6. The van der Waals surface area contributed by atoms with Gasteiger partial charge in [-0.1, -0.05) is 33.1 Å². The van der Waals surface area contributed by atoms with Crippen molar-refractivity contribution in [3.63, 3.8) is 0 Å². The highest BCUT2D eigenvalue weighted by Crippen LogP contribution is 2.32. The largest absolute Gasteiger partial charge is 0.424 e. The molecule has 10 nitrogen and oxygen atoms in total. The Kier molecular flexibility index (Phi) is 11.4. The lowest BCUT2D eigenvalue weighted by Gasteiger charge is -2.34. The monoisotopic (exact) mass is 507 g/mol. The van der Waals surface area contributed by atoms with Crippen molar-refractivity contribution < 1.29 is 41.6 Å². The number of amides is 1. The number of rotatable bonds is 12. The smallest absolute Gasteiger partial charge is 0.338 e. The van der Waals surface area contributed by atoms with Gasteiger partial charge in [0.15, 0.2) is 6.10 Å². The van der Waals surface area contributed by atoms with Gasteiger partial charge in [0.05, 0.1) is 17.8 Å². The zero-order valence-corrected chi connectivity index (χ0v) is 22.0. The van der Waals surface area contributed by atoms with Crippen LogP contribution < -0.4 is 5.32 Å². The van der Waals surface area contributed by atoms with Crippen LogP contribution in [0.2, 0.25) is 0 Å². The van der Waals surface area contributed by atoms with Crippen molar-refractivity contribution in [3.05, 3.63) is 0 Å². The number of nitrogens with one attached hydrogen (secondary N) is 1. The summed E-state index contributed by atoms with van der Waals surface area (Å²) in [6, 6.07) is 0. The van der Waals surface area contributed by atoms with E-state index in [9.17, 15) is 27.9 Å². The first-order valence-corrected chi connectivity index (χ1v) is 13.3. The van der Waals surface area contributed by atoms with Crippen LogP contribution in [0.3, 0.4) is 0 Å². The average Bonchev–Trinajstić information content (AvgIpc) is 2.74. The Morgan fingerprint density at radius 1 is 1.03 bits per heavy atom. The van der Waals surface area contributed by atoms with E-state index in [0.717, 1.165) is 32.1 Å². The molecule has 0 aromatic rings. The number of esters is 2. The number of hydrogen-bond acceptors (Lipinski definition) is 9. The molecule has 0 aromatic heterocycles. The van der Waals surface area contributed by atoms with E-state index in [-0.39, 0.29) is 30.5 Å². The Morgan fingerprint density at radius 3 is 2.15 bits per heavy atom. The van der Waals surface area contributed by atoms with Crippen LogP contribution in [0.5, 0.6) is 0 Å². The third-order valence-corrected chi connectivity index (χ3v) is 6.89. The van der Waals surface area contributed by atoms with Gasteiger partial charge in [0.25, 0.3) is 10.1 Å². The molecule has 1 aliphatic carbocycles. The van der Waals surface area contributed by atoms with Crippen molar-refractivity contribution in [2.75, 3.05) is 18.9 Å². The third-order valence-electron chi connectivity index (χ3n) is 5.62. The zero-order valence-electron chi connectivity index (χ0n) is 21.2. The van der Waals surface area contributed by atoms with E-state index >= 15 is 0 Å². The number of carbonyl (C=O) groups excluding carboxylic acids is 3. The molecule has 1 amide bonds. The maximum Gasteiger partial charge on any atom is 0.338 e. The Labute approximate surface area is 203 Å². The minimum Gasteiger partial charge on any atom is -0.424 e. The molecule has 1 unspecified atom stereocenters. The van der Waals surface area contributed by atoms with Crippen LogP contribution in [0.1, 0.15) is 80.1 Å². The predicted octanol–water partition coefficient (Wildman–Crippen LogP) is 2.28. The SMILES string of the molecule is CC(=O)NCCCS(=O)(=O)OCC(C)(C)[C@@H](O)C(=O)OC(OC(=O)C(C)(C)C)C1CCCCC1. The molecule has 1 saturated carbocycles. The molecule has 11 heteroatoms. The lowest BCUT2D eigenvalue weighted by molar-refractivity contribution is -0.214. The van der Waals surface area contributed by atoms with E-state index in [2.05, 4.69) is 5.32 Å². The van der Waals surface area contributed by atoms with Crippen molar-refractivity contribution in [2.45, 2.75) is 92.5 Å². The molecule has 2 N–H and O–H groups in total. The molecular formula is C23H41NO9S. The molecule has 1 aliphatic rings. The van der Waals surface area contributed by atoms with Gasteiger partial charge >= 0.3 is 11.9 Å². The number of carbonyl (C=O) groups is 3. The maximum atomic E-state index is 12.8. The Morgan fingerprint density at radius 2 is 1.62 bits per heavy atom. The summed E-state index contributed by atoms with van der Waals surface area (Å²) in [4.78, 5) is 36.1. The zero-order chi connectivity index (χ0) is 26.2. The second kappa shape index (κ2) is 12.8. The van der Waals surface area contributed by atoms with E-state index in [4.69, 9.17) is 13.7 Å². The molecular weight excluding hydrogens is 466 g/mol. The molecule has 0 heterocycles. The van der Waals surface area contributed by atoms with Crippen molar-refractivity contribution in [1.82, 2.24) is 5.32 Å². The van der Waals surface area contributed by atoms with Gasteiger partial charge in [-0.3, -0.25) is 13.8 Å². The van der Waals surface area contributed by atoms with Gasteiger partial charge in [-0.2, -0.15) is 8.42 Å². The molecule has 0 radical (unpaired) electrons. The van der Waals surface area contributed by atoms with Crippen LogP contribution in [0.4, 0.5) is 0 Å². The Balaban J connectivity index is 2.76. The first-order chi connectivity index (χ1) is 15.5. The fraction of sp³-hybridized carbons (Fsp3) is 0.870. The summed E-state index contributed by atoms with van der Waals surface area (Å²) < 4.78 is 40.2. The van der Waals surface area contributed by atoms with Crippen LogP contribution >= 0.6 is 0 Å². The minimum absolute atomic E-state index is 0.162. The highest BCUT2D eigenvalue weighted by molar-refractivity contribution is 7.86. The van der Waals surface area contributed by atoms with E-state index < -0.39 is 51.9 Å². The summed E-state index contributed by atoms with van der Waals surface area (Å²) in [6.07, 6.45) is 1.70.